The highest BCUT2D eigenvalue weighted by Gasteiger charge is 2.63. The van der Waals surface area contributed by atoms with Crippen molar-refractivity contribution in [1.29, 1.82) is 0 Å². The second kappa shape index (κ2) is 4.81. The van der Waals surface area contributed by atoms with Gasteiger partial charge in [0.25, 0.3) is 0 Å². The van der Waals surface area contributed by atoms with E-state index >= 15 is 0 Å². The third kappa shape index (κ3) is 2.48. The van der Waals surface area contributed by atoms with Gasteiger partial charge in [0.1, 0.15) is 0 Å². The first-order valence-electron chi connectivity index (χ1n) is 8.00. The van der Waals surface area contributed by atoms with Crippen LogP contribution in [0.5, 0.6) is 0 Å². The molecule has 0 aromatic carbocycles. The van der Waals surface area contributed by atoms with Crippen LogP contribution in [0.4, 0.5) is 0 Å². The fourth-order valence-electron chi connectivity index (χ4n) is 4.15. The van der Waals surface area contributed by atoms with Gasteiger partial charge < -0.3 is 5.32 Å². The van der Waals surface area contributed by atoms with Crippen molar-refractivity contribution in [3.8, 4) is 0 Å². The second-order valence-corrected chi connectivity index (χ2v) is 8.27. The molecule has 2 aliphatic rings. The molecule has 1 heteroatoms. The van der Waals surface area contributed by atoms with E-state index in [1.807, 2.05) is 0 Å². The smallest absolute Gasteiger partial charge is 0.00699 e. The van der Waals surface area contributed by atoms with Crippen LogP contribution < -0.4 is 5.32 Å². The Hall–Kier alpha value is -0.0400. The zero-order valence-corrected chi connectivity index (χ0v) is 13.3. The van der Waals surface area contributed by atoms with Crippen molar-refractivity contribution in [1.82, 2.24) is 5.32 Å². The standard InChI is InChI=1S/C17H33N/c1-12(2)13-8-7-9-14(10-13)18-11-15-16(3,4)17(15,5)6/h12-15,18H,7-11H2,1-6H3. The molecular weight excluding hydrogens is 218 g/mol. The molecular formula is C17H33N. The Kier molecular flexibility index (Phi) is 3.84. The Morgan fingerprint density at radius 3 is 2.17 bits per heavy atom. The quantitative estimate of drug-likeness (QED) is 0.777. The Balaban J connectivity index is 1.78. The molecule has 0 saturated heterocycles. The van der Waals surface area contributed by atoms with Gasteiger partial charge in [-0.3, -0.25) is 0 Å². The van der Waals surface area contributed by atoms with Gasteiger partial charge in [0, 0.05) is 6.04 Å². The zero-order valence-electron chi connectivity index (χ0n) is 13.3. The Morgan fingerprint density at radius 2 is 1.67 bits per heavy atom. The molecule has 0 radical (unpaired) electrons. The Bertz CT molecular complexity index is 276. The van der Waals surface area contributed by atoms with Crippen molar-refractivity contribution >= 4 is 0 Å². The van der Waals surface area contributed by atoms with E-state index in [0.717, 1.165) is 23.8 Å². The van der Waals surface area contributed by atoms with Crippen LogP contribution in [-0.2, 0) is 0 Å². The number of nitrogens with one attached hydrogen (secondary N) is 1. The van der Waals surface area contributed by atoms with Gasteiger partial charge in [0.15, 0.2) is 0 Å². The van der Waals surface area contributed by atoms with E-state index in [9.17, 15) is 0 Å². The lowest BCUT2D eigenvalue weighted by molar-refractivity contribution is 0.228. The van der Waals surface area contributed by atoms with Gasteiger partial charge in [-0.25, -0.2) is 0 Å². The highest BCUT2D eigenvalue weighted by molar-refractivity contribution is 5.13. The lowest BCUT2D eigenvalue weighted by atomic mass is 9.79. The molecule has 0 heterocycles. The van der Waals surface area contributed by atoms with Gasteiger partial charge in [0.05, 0.1) is 0 Å². The van der Waals surface area contributed by atoms with Crippen LogP contribution in [0.1, 0.15) is 67.2 Å². The summed E-state index contributed by atoms with van der Waals surface area (Å²) in [5.41, 5.74) is 1.07. The molecule has 2 saturated carbocycles. The molecule has 0 aromatic heterocycles. The van der Waals surface area contributed by atoms with Crippen molar-refractivity contribution in [2.24, 2.45) is 28.6 Å². The first-order valence-corrected chi connectivity index (χ1v) is 8.00. The monoisotopic (exact) mass is 251 g/mol. The van der Waals surface area contributed by atoms with Crippen LogP contribution in [0.2, 0.25) is 0 Å². The van der Waals surface area contributed by atoms with E-state index in [2.05, 4.69) is 46.9 Å². The average molecular weight is 251 g/mol. The maximum Gasteiger partial charge on any atom is 0.00699 e. The van der Waals surface area contributed by atoms with Crippen molar-refractivity contribution in [2.45, 2.75) is 73.3 Å². The van der Waals surface area contributed by atoms with E-state index in [0.29, 0.717) is 10.8 Å². The van der Waals surface area contributed by atoms with Gasteiger partial charge in [-0.2, -0.15) is 0 Å². The summed E-state index contributed by atoms with van der Waals surface area (Å²) in [7, 11) is 0. The number of hydrogen-bond acceptors (Lipinski definition) is 1. The minimum atomic E-state index is 0.534. The van der Waals surface area contributed by atoms with E-state index in [-0.39, 0.29) is 0 Å². The van der Waals surface area contributed by atoms with Crippen molar-refractivity contribution in [2.75, 3.05) is 6.54 Å². The molecule has 1 nitrogen and oxygen atoms in total. The minimum Gasteiger partial charge on any atom is -0.314 e. The van der Waals surface area contributed by atoms with Crippen LogP contribution >= 0.6 is 0 Å². The fraction of sp³-hybridized carbons (Fsp3) is 1.00. The highest BCUT2D eigenvalue weighted by atomic mass is 14.9. The Labute approximate surface area is 114 Å². The summed E-state index contributed by atoms with van der Waals surface area (Å²) >= 11 is 0. The molecule has 1 N–H and O–H groups in total. The van der Waals surface area contributed by atoms with Gasteiger partial charge >= 0.3 is 0 Å². The minimum absolute atomic E-state index is 0.534. The summed E-state index contributed by atoms with van der Waals surface area (Å²) in [6.45, 7) is 15.7. The van der Waals surface area contributed by atoms with Gasteiger partial charge in [-0.05, 0) is 48.0 Å². The molecule has 18 heavy (non-hydrogen) atoms. The molecule has 0 aromatic rings. The first kappa shape index (κ1) is 14.4. The molecule has 0 amide bonds. The SMILES string of the molecule is CC(C)C1CCCC(NCC2C(C)(C)C2(C)C)C1. The fourth-order valence-corrected chi connectivity index (χ4v) is 4.15. The average Bonchev–Trinajstić information content (AvgIpc) is 2.67. The summed E-state index contributed by atoms with van der Waals surface area (Å²) in [5, 5.41) is 3.88. The summed E-state index contributed by atoms with van der Waals surface area (Å²) in [5.74, 6) is 2.68. The van der Waals surface area contributed by atoms with Gasteiger partial charge in [0.2, 0.25) is 0 Å². The van der Waals surface area contributed by atoms with Crippen LogP contribution in [0.15, 0.2) is 0 Å². The number of rotatable bonds is 4. The summed E-state index contributed by atoms with van der Waals surface area (Å²) in [4.78, 5) is 0. The van der Waals surface area contributed by atoms with E-state index in [1.54, 1.807) is 0 Å². The van der Waals surface area contributed by atoms with Crippen LogP contribution in [0.3, 0.4) is 0 Å². The predicted octanol–water partition coefficient (Wildman–Crippen LogP) is 4.47. The molecule has 2 aliphatic carbocycles. The maximum atomic E-state index is 3.88. The van der Waals surface area contributed by atoms with Crippen LogP contribution in [0, 0.1) is 28.6 Å². The topological polar surface area (TPSA) is 12.0 Å². The van der Waals surface area contributed by atoms with Crippen molar-refractivity contribution < 1.29 is 0 Å². The molecule has 2 rings (SSSR count). The summed E-state index contributed by atoms with van der Waals surface area (Å²) in [6.07, 6.45) is 5.69. The predicted molar refractivity (Wildman–Crippen MR) is 79.6 cm³/mol. The third-order valence-electron chi connectivity index (χ3n) is 6.59. The van der Waals surface area contributed by atoms with E-state index in [1.165, 1.54) is 32.2 Å². The third-order valence-corrected chi connectivity index (χ3v) is 6.59. The molecule has 0 spiro atoms. The van der Waals surface area contributed by atoms with E-state index in [4.69, 9.17) is 0 Å². The normalized spacial score (nSPS) is 34.8. The second-order valence-electron chi connectivity index (χ2n) is 8.27. The van der Waals surface area contributed by atoms with Crippen LogP contribution in [0.25, 0.3) is 0 Å². The lowest BCUT2D eigenvalue weighted by Crippen LogP contribution is -2.37. The molecule has 0 aliphatic heterocycles. The van der Waals surface area contributed by atoms with Gasteiger partial charge in [-0.15, -0.1) is 0 Å². The van der Waals surface area contributed by atoms with E-state index < -0.39 is 0 Å². The Morgan fingerprint density at radius 1 is 1.06 bits per heavy atom. The van der Waals surface area contributed by atoms with Crippen LogP contribution in [-0.4, -0.2) is 12.6 Å². The lowest BCUT2D eigenvalue weighted by Gasteiger charge is -2.32. The molecule has 106 valence electrons. The molecule has 2 fully saturated rings. The molecule has 0 bridgehead atoms. The molecule has 2 unspecified atom stereocenters. The number of hydrogen-bond donors (Lipinski definition) is 1. The van der Waals surface area contributed by atoms with Crippen molar-refractivity contribution in [3.63, 3.8) is 0 Å². The maximum absolute atomic E-state index is 3.88. The zero-order chi connectivity index (χ0) is 13.6. The van der Waals surface area contributed by atoms with Crippen molar-refractivity contribution in [3.05, 3.63) is 0 Å². The summed E-state index contributed by atoms with van der Waals surface area (Å²) in [6, 6.07) is 0.790. The summed E-state index contributed by atoms with van der Waals surface area (Å²) < 4.78 is 0. The largest absolute Gasteiger partial charge is 0.314 e. The molecule has 2 atom stereocenters. The first-order chi connectivity index (χ1) is 8.26. The highest BCUT2D eigenvalue weighted by Crippen LogP contribution is 2.67. The van der Waals surface area contributed by atoms with Gasteiger partial charge in [-0.1, -0.05) is 54.4 Å².